The molecule has 1 aliphatic heterocycles. The summed E-state index contributed by atoms with van der Waals surface area (Å²) in [4.78, 5) is 26.6. The Hall–Kier alpha value is -3.06. The molecule has 1 saturated heterocycles. The lowest BCUT2D eigenvalue weighted by molar-refractivity contribution is -0.139. The van der Waals surface area contributed by atoms with Crippen molar-refractivity contribution in [1.29, 1.82) is 0 Å². The highest BCUT2D eigenvalue weighted by Crippen LogP contribution is 2.26. The third kappa shape index (κ3) is 3.72. The van der Waals surface area contributed by atoms with Crippen LogP contribution in [0.5, 0.6) is 5.75 Å². The Morgan fingerprint density at radius 1 is 1.00 bits per heavy atom. The number of anilines is 2. The van der Waals surface area contributed by atoms with Gasteiger partial charge in [-0.3, -0.25) is 9.80 Å². The number of benzene rings is 2. The summed E-state index contributed by atoms with van der Waals surface area (Å²) in [5, 5.41) is 8.62. The minimum absolute atomic E-state index is 0.0975. The van der Waals surface area contributed by atoms with Crippen molar-refractivity contribution < 1.29 is 19.4 Å². The number of hydrogen-bond acceptors (Lipinski definition) is 4. The molecular weight excluding hydrogens is 322 g/mol. The molecule has 1 fully saturated rings. The summed E-state index contributed by atoms with van der Waals surface area (Å²) < 4.78 is 5.10. The largest absolute Gasteiger partial charge is 0.482 e. The van der Waals surface area contributed by atoms with Crippen LogP contribution in [-0.2, 0) is 11.3 Å². The van der Waals surface area contributed by atoms with Gasteiger partial charge in [-0.15, -0.1) is 0 Å². The molecule has 0 bridgehead atoms. The highest BCUT2D eigenvalue weighted by Gasteiger charge is 2.30. The molecule has 25 heavy (non-hydrogen) atoms. The van der Waals surface area contributed by atoms with E-state index in [1.54, 1.807) is 34.1 Å². The van der Waals surface area contributed by atoms with Gasteiger partial charge in [0, 0.05) is 31.0 Å². The molecule has 0 spiro atoms. The molecule has 0 radical (unpaired) electrons. The van der Waals surface area contributed by atoms with Gasteiger partial charge >= 0.3 is 12.0 Å². The molecule has 3 rings (SSSR count). The smallest absolute Gasteiger partial charge is 0.341 e. The summed E-state index contributed by atoms with van der Waals surface area (Å²) >= 11 is 0. The molecule has 2 aromatic rings. The molecule has 1 aliphatic rings. The van der Waals surface area contributed by atoms with Crippen LogP contribution in [0, 0.1) is 0 Å². The molecule has 2 amide bonds. The summed E-state index contributed by atoms with van der Waals surface area (Å²) in [6, 6.07) is 14.3. The first-order valence-electron chi connectivity index (χ1n) is 7.91. The molecule has 0 unspecified atom stereocenters. The van der Waals surface area contributed by atoms with Crippen LogP contribution in [0.4, 0.5) is 16.2 Å². The average molecular weight is 341 g/mol. The summed E-state index contributed by atoms with van der Waals surface area (Å²) in [7, 11) is 0. The highest BCUT2D eigenvalue weighted by molar-refractivity contribution is 6.06. The van der Waals surface area contributed by atoms with Crippen LogP contribution in [-0.4, -0.2) is 36.8 Å². The van der Waals surface area contributed by atoms with Crippen molar-refractivity contribution in [3.8, 4) is 5.75 Å². The molecule has 0 atom stereocenters. The predicted octanol–water partition coefficient (Wildman–Crippen LogP) is 2.06. The van der Waals surface area contributed by atoms with Gasteiger partial charge in [-0.25, -0.2) is 9.59 Å². The predicted molar refractivity (Wildman–Crippen MR) is 94.0 cm³/mol. The molecule has 7 nitrogen and oxygen atoms in total. The van der Waals surface area contributed by atoms with Crippen LogP contribution < -0.4 is 20.3 Å². The summed E-state index contributed by atoms with van der Waals surface area (Å²) in [6.45, 7) is 1.25. The third-order valence-electron chi connectivity index (χ3n) is 4.00. The molecule has 0 aliphatic carbocycles. The number of amides is 2. The van der Waals surface area contributed by atoms with Crippen molar-refractivity contribution in [3.05, 3.63) is 54.1 Å². The van der Waals surface area contributed by atoms with Crippen molar-refractivity contribution in [2.24, 2.45) is 5.73 Å². The third-order valence-corrected chi connectivity index (χ3v) is 4.00. The quantitative estimate of drug-likeness (QED) is 0.838. The lowest BCUT2D eigenvalue weighted by Crippen LogP contribution is -2.31. The Morgan fingerprint density at radius 2 is 1.52 bits per heavy atom. The van der Waals surface area contributed by atoms with Crippen molar-refractivity contribution in [1.82, 2.24) is 0 Å². The zero-order valence-corrected chi connectivity index (χ0v) is 13.6. The SMILES string of the molecule is NCc1ccc(N2CCN(c3ccc(OCC(=O)O)cc3)C2=O)cc1. The van der Waals surface area contributed by atoms with Gasteiger partial charge in [0.25, 0.3) is 0 Å². The molecule has 7 heteroatoms. The number of carboxylic acids is 1. The van der Waals surface area contributed by atoms with Gasteiger partial charge in [-0.05, 0) is 42.0 Å². The first-order valence-corrected chi connectivity index (χ1v) is 7.91. The van der Waals surface area contributed by atoms with Gasteiger partial charge in [0.1, 0.15) is 5.75 Å². The Labute approximate surface area is 145 Å². The summed E-state index contributed by atoms with van der Waals surface area (Å²) in [5.41, 5.74) is 8.20. The second-order valence-corrected chi connectivity index (χ2v) is 5.63. The molecule has 3 N–H and O–H groups in total. The van der Waals surface area contributed by atoms with Gasteiger partial charge in [0.2, 0.25) is 0 Å². The lowest BCUT2D eigenvalue weighted by atomic mass is 10.2. The summed E-state index contributed by atoms with van der Waals surface area (Å²) in [5.74, 6) is -0.581. The van der Waals surface area contributed by atoms with Crippen LogP contribution in [0.1, 0.15) is 5.56 Å². The van der Waals surface area contributed by atoms with Crippen molar-refractivity contribution in [2.45, 2.75) is 6.54 Å². The van der Waals surface area contributed by atoms with Crippen molar-refractivity contribution in [2.75, 3.05) is 29.5 Å². The molecule has 2 aromatic carbocycles. The number of urea groups is 1. The fourth-order valence-corrected chi connectivity index (χ4v) is 2.70. The topological polar surface area (TPSA) is 96.1 Å². The van der Waals surface area contributed by atoms with E-state index < -0.39 is 12.6 Å². The fourth-order valence-electron chi connectivity index (χ4n) is 2.70. The first kappa shape index (κ1) is 16.8. The van der Waals surface area contributed by atoms with E-state index in [4.69, 9.17) is 15.6 Å². The van der Waals surface area contributed by atoms with E-state index in [1.807, 2.05) is 24.3 Å². The maximum Gasteiger partial charge on any atom is 0.341 e. The normalized spacial score (nSPS) is 14.0. The summed E-state index contributed by atoms with van der Waals surface area (Å²) in [6.07, 6.45) is 0. The van der Waals surface area contributed by atoms with E-state index >= 15 is 0 Å². The molecule has 130 valence electrons. The second-order valence-electron chi connectivity index (χ2n) is 5.63. The van der Waals surface area contributed by atoms with Crippen molar-refractivity contribution in [3.63, 3.8) is 0 Å². The number of rotatable bonds is 6. The Bertz CT molecular complexity index is 759. The van der Waals surface area contributed by atoms with Crippen LogP contribution in [0.3, 0.4) is 0 Å². The number of carboxylic acid groups (broad SMARTS) is 1. The van der Waals surface area contributed by atoms with E-state index in [0.717, 1.165) is 16.9 Å². The Morgan fingerprint density at radius 3 is 2.00 bits per heavy atom. The zero-order chi connectivity index (χ0) is 17.8. The minimum atomic E-state index is -1.03. The molecule has 1 heterocycles. The lowest BCUT2D eigenvalue weighted by Gasteiger charge is -2.19. The van der Waals surface area contributed by atoms with E-state index in [9.17, 15) is 9.59 Å². The number of hydrogen-bond donors (Lipinski definition) is 2. The van der Waals surface area contributed by atoms with Crippen LogP contribution in [0.15, 0.2) is 48.5 Å². The van der Waals surface area contributed by atoms with Crippen LogP contribution >= 0.6 is 0 Å². The minimum Gasteiger partial charge on any atom is -0.482 e. The van der Waals surface area contributed by atoms with Crippen LogP contribution in [0.2, 0.25) is 0 Å². The van der Waals surface area contributed by atoms with E-state index in [2.05, 4.69) is 0 Å². The maximum absolute atomic E-state index is 12.7. The van der Waals surface area contributed by atoms with Crippen molar-refractivity contribution >= 4 is 23.4 Å². The van der Waals surface area contributed by atoms with Crippen LogP contribution in [0.25, 0.3) is 0 Å². The molecular formula is C18H19N3O4. The number of ether oxygens (including phenoxy) is 1. The van der Waals surface area contributed by atoms with Gasteiger partial charge in [-0.1, -0.05) is 12.1 Å². The average Bonchev–Trinajstić information content (AvgIpc) is 3.02. The number of nitrogens with zero attached hydrogens (tertiary/aromatic N) is 2. The van der Waals surface area contributed by atoms with E-state index in [-0.39, 0.29) is 6.03 Å². The van der Waals surface area contributed by atoms with Gasteiger partial charge in [0.05, 0.1) is 0 Å². The number of aliphatic carboxylic acids is 1. The highest BCUT2D eigenvalue weighted by atomic mass is 16.5. The van der Waals surface area contributed by atoms with E-state index in [0.29, 0.717) is 25.4 Å². The Balaban J connectivity index is 1.69. The van der Waals surface area contributed by atoms with Gasteiger partial charge in [-0.2, -0.15) is 0 Å². The standard InChI is InChI=1S/C18H19N3O4/c19-11-13-1-3-14(4-2-13)20-9-10-21(18(20)24)15-5-7-16(8-6-15)25-12-17(22)23/h1-8H,9-12,19H2,(H,22,23). The van der Waals surface area contributed by atoms with E-state index in [1.165, 1.54) is 0 Å². The second kappa shape index (κ2) is 7.23. The number of carbonyl (C=O) groups is 2. The Kier molecular flexibility index (Phi) is 4.85. The molecule has 0 aromatic heterocycles. The van der Waals surface area contributed by atoms with Gasteiger partial charge < -0.3 is 15.6 Å². The molecule has 0 saturated carbocycles. The first-order chi connectivity index (χ1) is 12.1. The fraction of sp³-hybridized carbons (Fsp3) is 0.222. The number of carbonyl (C=O) groups excluding carboxylic acids is 1. The monoisotopic (exact) mass is 341 g/mol. The number of nitrogens with two attached hydrogens (primary N) is 1. The zero-order valence-electron chi connectivity index (χ0n) is 13.6. The maximum atomic E-state index is 12.7. The van der Waals surface area contributed by atoms with Gasteiger partial charge in [0.15, 0.2) is 6.61 Å².